The second kappa shape index (κ2) is 2.79. The maximum absolute atomic E-state index is 4.31. The van der Waals surface area contributed by atoms with Crippen molar-refractivity contribution in [2.75, 3.05) is 6.26 Å². The van der Waals surface area contributed by atoms with Gasteiger partial charge in [0.25, 0.3) is 0 Å². The maximum Gasteiger partial charge on any atom is 0.156 e. The maximum atomic E-state index is 4.31. The first-order chi connectivity index (χ1) is 5.81. The summed E-state index contributed by atoms with van der Waals surface area (Å²) < 4.78 is 2.05. The van der Waals surface area contributed by atoms with Crippen molar-refractivity contribution in [1.29, 1.82) is 0 Å². The van der Waals surface area contributed by atoms with Crippen molar-refractivity contribution >= 4 is 17.4 Å². The van der Waals surface area contributed by atoms with E-state index < -0.39 is 0 Å². The van der Waals surface area contributed by atoms with Gasteiger partial charge in [0.2, 0.25) is 0 Å². The van der Waals surface area contributed by atoms with Crippen LogP contribution in [-0.4, -0.2) is 20.6 Å². The third kappa shape index (κ3) is 1.08. The number of nitrogens with zero attached hydrogens (tertiary/aromatic N) is 3. The molecule has 3 nitrogen and oxygen atoms in total. The number of thioether (sulfide) groups is 1. The average molecular weight is 179 g/mol. The van der Waals surface area contributed by atoms with Gasteiger partial charge in [0.05, 0.1) is 23.1 Å². The molecule has 0 aliphatic heterocycles. The van der Waals surface area contributed by atoms with Crippen molar-refractivity contribution in [3.63, 3.8) is 0 Å². The summed E-state index contributed by atoms with van der Waals surface area (Å²) in [6, 6.07) is 0. The largest absolute Gasteiger partial charge is 0.292 e. The number of imidazole rings is 1. The molecule has 2 heterocycles. The lowest BCUT2D eigenvalue weighted by Crippen LogP contribution is -1.88. The monoisotopic (exact) mass is 179 g/mol. The standard InChI is InChI=1S/C8H9N3S/c1-6-5-11-7(10-6)3-9-4-8(11)12-2/h3-5H,1-2H3. The van der Waals surface area contributed by atoms with Crippen molar-refractivity contribution in [3.05, 3.63) is 24.3 Å². The van der Waals surface area contributed by atoms with Crippen LogP contribution in [0.25, 0.3) is 5.65 Å². The summed E-state index contributed by atoms with van der Waals surface area (Å²) in [6.45, 7) is 1.98. The Labute approximate surface area is 74.8 Å². The van der Waals surface area contributed by atoms with Gasteiger partial charge in [-0.3, -0.25) is 9.38 Å². The van der Waals surface area contributed by atoms with Crippen molar-refractivity contribution in [3.8, 4) is 0 Å². The van der Waals surface area contributed by atoms with Gasteiger partial charge in [-0.2, -0.15) is 0 Å². The van der Waals surface area contributed by atoms with Crippen LogP contribution < -0.4 is 0 Å². The van der Waals surface area contributed by atoms with Gasteiger partial charge in [0.15, 0.2) is 5.65 Å². The molecule has 4 heteroatoms. The minimum atomic E-state index is 0.916. The molecule has 12 heavy (non-hydrogen) atoms. The molecule has 0 N–H and O–H groups in total. The minimum absolute atomic E-state index is 0.916. The lowest BCUT2D eigenvalue weighted by atomic mass is 10.6. The van der Waals surface area contributed by atoms with Gasteiger partial charge >= 0.3 is 0 Å². The minimum Gasteiger partial charge on any atom is -0.292 e. The third-order valence-corrected chi connectivity index (χ3v) is 2.40. The van der Waals surface area contributed by atoms with Crippen LogP contribution in [0.5, 0.6) is 0 Å². The van der Waals surface area contributed by atoms with Crippen LogP contribution in [-0.2, 0) is 0 Å². The second-order valence-corrected chi connectivity index (χ2v) is 3.39. The highest BCUT2D eigenvalue weighted by Gasteiger charge is 2.00. The first-order valence-electron chi connectivity index (χ1n) is 3.65. The van der Waals surface area contributed by atoms with Crippen LogP contribution in [0.1, 0.15) is 5.69 Å². The van der Waals surface area contributed by atoms with Crippen molar-refractivity contribution in [1.82, 2.24) is 14.4 Å². The molecule has 0 atom stereocenters. The number of aromatic nitrogens is 3. The Kier molecular flexibility index (Phi) is 1.77. The number of aryl methyl sites for hydroxylation is 1. The Bertz CT molecular complexity index is 408. The molecule has 0 unspecified atom stereocenters. The predicted octanol–water partition coefficient (Wildman–Crippen LogP) is 1.76. The topological polar surface area (TPSA) is 30.2 Å². The first-order valence-corrected chi connectivity index (χ1v) is 4.87. The molecule has 0 aliphatic rings. The molecule has 62 valence electrons. The molecule has 0 aliphatic carbocycles. The molecule has 0 bridgehead atoms. The van der Waals surface area contributed by atoms with E-state index in [9.17, 15) is 0 Å². The Hall–Kier alpha value is -1.03. The van der Waals surface area contributed by atoms with E-state index in [2.05, 4.69) is 9.97 Å². The van der Waals surface area contributed by atoms with Gasteiger partial charge in [-0.1, -0.05) is 0 Å². The third-order valence-electron chi connectivity index (χ3n) is 1.68. The van der Waals surface area contributed by atoms with Crippen molar-refractivity contribution < 1.29 is 0 Å². The second-order valence-electron chi connectivity index (χ2n) is 2.56. The number of hydrogen-bond acceptors (Lipinski definition) is 3. The van der Waals surface area contributed by atoms with E-state index >= 15 is 0 Å². The number of rotatable bonds is 1. The van der Waals surface area contributed by atoms with Gasteiger partial charge in [-0.05, 0) is 13.2 Å². The fourth-order valence-corrected chi connectivity index (χ4v) is 1.67. The summed E-state index contributed by atoms with van der Waals surface area (Å²) in [4.78, 5) is 8.40. The van der Waals surface area contributed by atoms with Gasteiger partial charge in [-0.15, -0.1) is 11.8 Å². The Morgan fingerprint density at radius 1 is 1.42 bits per heavy atom. The average Bonchev–Trinajstić information content (AvgIpc) is 2.44. The van der Waals surface area contributed by atoms with Crippen LogP contribution in [0.4, 0.5) is 0 Å². The Morgan fingerprint density at radius 3 is 3.00 bits per heavy atom. The molecule has 2 aromatic rings. The summed E-state index contributed by atoms with van der Waals surface area (Å²) >= 11 is 1.67. The van der Waals surface area contributed by atoms with E-state index in [0.717, 1.165) is 16.4 Å². The predicted molar refractivity (Wildman–Crippen MR) is 49.5 cm³/mol. The van der Waals surface area contributed by atoms with E-state index in [1.54, 1.807) is 18.0 Å². The molecule has 0 aromatic carbocycles. The van der Waals surface area contributed by atoms with Crippen molar-refractivity contribution in [2.45, 2.75) is 11.9 Å². The number of hydrogen-bond donors (Lipinski definition) is 0. The van der Waals surface area contributed by atoms with Crippen LogP contribution in [0.2, 0.25) is 0 Å². The molecule has 2 rings (SSSR count). The Morgan fingerprint density at radius 2 is 2.25 bits per heavy atom. The molecular formula is C8H9N3S. The van der Waals surface area contributed by atoms with E-state index in [0.29, 0.717) is 0 Å². The molecule has 0 saturated heterocycles. The lowest BCUT2D eigenvalue weighted by molar-refractivity contribution is 0.982. The van der Waals surface area contributed by atoms with E-state index in [1.165, 1.54) is 0 Å². The highest BCUT2D eigenvalue weighted by molar-refractivity contribution is 7.98. The summed E-state index contributed by atoms with van der Waals surface area (Å²) in [5.74, 6) is 0. The normalized spacial score (nSPS) is 10.8. The lowest BCUT2D eigenvalue weighted by Gasteiger charge is -1.98. The fourth-order valence-electron chi connectivity index (χ4n) is 1.16. The molecule has 2 aromatic heterocycles. The van der Waals surface area contributed by atoms with Gasteiger partial charge in [0, 0.05) is 6.20 Å². The van der Waals surface area contributed by atoms with Crippen LogP contribution in [0.3, 0.4) is 0 Å². The molecule has 0 fully saturated rings. The zero-order chi connectivity index (χ0) is 8.55. The summed E-state index contributed by atoms with van der Waals surface area (Å²) in [5.41, 5.74) is 1.94. The molecule has 0 radical (unpaired) electrons. The van der Waals surface area contributed by atoms with E-state index in [-0.39, 0.29) is 0 Å². The smallest absolute Gasteiger partial charge is 0.156 e. The van der Waals surface area contributed by atoms with Crippen LogP contribution >= 0.6 is 11.8 Å². The summed E-state index contributed by atoms with van der Waals surface area (Å²) in [5, 5.41) is 1.12. The van der Waals surface area contributed by atoms with E-state index in [1.807, 2.05) is 30.0 Å². The summed E-state index contributed by atoms with van der Waals surface area (Å²) in [7, 11) is 0. The van der Waals surface area contributed by atoms with Gasteiger partial charge < -0.3 is 0 Å². The van der Waals surface area contributed by atoms with Gasteiger partial charge in [0.1, 0.15) is 0 Å². The number of fused-ring (bicyclic) bond motifs is 1. The zero-order valence-electron chi connectivity index (χ0n) is 6.98. The van der Waals surface area contributed by atoms with E-state index in [4.69, 9.17) is 0 Å². The molecule has 0 saturated carbocycles. The fraction of sp³-hybridized carbons (Fsp3) is 0.250. The molecule has 0 amide bonds. The van der Waals surface area contributed by atoms with Crippen molar-refractivity contribution in [2.24, 2.45) is 0 Å². The Balaban J connectivity index is 2.78. The quantitative estimate of drug-likeness (QED) is 0.625. The van der Waals surface area contributed by atoms with Crippen LogP contribution in [0.15, 0.2) is 23.6 Å². The summed E-state index contributed by atoms with van der Waals surface area (Å²) in [6.07, 6.45) is 7.67. The van der Waals surface area contributed by atoms with Gasteiger partial charge in [-0.25, -0.2) is 4.98 Å². The highest BCUT2D eigenvalue weighted by atomic mass is 32.2. The molecule has 0 spiro atoms. The zero-order valence-corrected chi connectivity index (χ0v) is 7.80. The van der Waals surface area contributed by atoms with Crippen LogP contribution in [0, 0.1) is 6.92 Å². The highest BCUT2D eigenvalue weighted by Crippen LogP contribution is 2.15. The first kappa shape index (κ1) is 7.61. The molecular weight excluding hydrogens is 170 g/mol. The SMILES string of the molecule is CSc1cncc2nc(C)cn12.